The first-order valence-corrected chi connectivity index (χ1v) is 19.0. The Balaban J connectivity index is 1.46. The molecule has 11 rings (SSSR count). The zero-order chi connectivity index (χ0) is 36.7. The number of pyridine rings is 2. The topological polar surface area (TPSA) is 40.6 Å². The van der Waals surface area contributed by atoms with Gasteiger partial charge in [0.15, 0.2) is 0 Å². The van der Waals surface area contributed by atoms with E-state index in [0.29, 0.717) is 0 Å². The molecule has 3 aliphatic rings. The van der Waals surface area contributed by atoms with Crippen LogP contribution < -0.4 is 0 Å². The van der Waals surface area contributed by atoms with Gasteiger partial charge < -0.3 is 4.57 Å². The molecule has 8 bridgehead atoms. The molecule has 5 aromatic carbocycles. The maximum absolute atomic E-state index is 5.59. The van der Waals surface area contributed by atoms with Crippen molar-refractivity contribution in [3.63, 3.8) is 0 Å². The van der Waals surface area contributed by atoms with Gasteiger partial charge in [0.05, 0.1) is 33.6 Å². The van der Waals surface area contributed by atoms with E-state index in [1.54, 1.807) is 0 Å². The van der Waals surface area contributed by atoms with Crippen molar-refractivity contribution < 1.29 is 0 Å². The summed E-state index contributed by atoms with van der Waals surface area (Å²) in [5.41, 5.74) is 17.3. The Bertz CT molecular complexity index is 3090. The summed E-state index contributed by atoms with van der Waals surface area (Å²) in [5, 5.41) is 1.08. The van der Waals surface area contributed by atoms with E-state index in [0.717, 1.165) is 50.3 Å². The van der Waals surface area contributed by atoms with E-state index in [1.807, 2.05) is 0 Å². The summed E-state index contributed by atoms with van der Waals surface area (Å²) in [5.74, 6) is 0. The summed E-state index contributed by atoms with van der Waals surface area (Å²) < 4.78 is 7.13. The van der Waals surface area contributed by atoms with Gasteiger partial charge >= 0.3 is 0 Å². The van der Waals surface area contributed by atoms with Crippen LogP contribution >= 0.6 is 0 Å². The van der Waals surface area contributed by atoms with Gasteiger partial charge in [0.2, 0.25) is 0 Å². The second kappa shape index (κ2) is 10.5. The number of hydrogen-bond acceptors (Lipinski definition) is 2. The second-order valence-electron chi connectivity index (χ2n) is 16.8. The van der Waals surface area contributed by atoms with Crippen LogP contribution in [0.3, 0.4) is 0 Å². The summed E-state index contributed by atoms with van der Waals surface area (Å²) in [7, 11) is 0. The minimum Gasteiger partial charge on any atom is -0.310 e. The van der Waals surface area contributed by atoms with E-state index in [9.17, 15) is 0 Å². The van der Waals surface area contributed by atoms with Crippen molar-refractivity contribution in [3.8, 4) is 17.1 Å². The molecule has 3 aliphatic heterocycles. The van der Waals surface area contributed by atoms with Gasteiger partial charge in [-0.25, -0.2) is 9.97 Å². The van der Waals surface area contributed by atoms with E-state index < -0.39 is 0 Å². The predicted octanol–water partition coefficient (Wildman–Crippen LogP) is 11.6. The molecule has 3 aromatic heterocycles. The molecule has 0 atom stereocenters. The van der Waals surface area contributed by atoms with Gasteiger partial charge in [-0.05, 0) is 82.4 Å². The third kappa shape index (κ3) is 3.99. The third-order valence-corrected chi connectivity index (χ3v) is 12.8. The molecule has 0 N–H and O–H groups in total. The van der Waals surface area contributed by atoms with Crippen LogP contribution in [0.4, 0.5) is 0 Å². The van der Waals surface area contributed by atoms with Crippen molar-refractivity contribution in [2.24, 2.45) is 0 Å². The molecule has 0 spiro atoms. The van der Waals surface area contributed by atoms with Gasteiger partial charge in [0.25, 0.3) is 0 Å². The van der Waals surface area contributed by atoms with Crippen molar-refractivity contribution in [1.29, 1.82) is 0 Å². The highest BCUT2D eigenvalue weighted by atomic mass is 15.1. The minimum absolute atomic E-state index is 0.206. The fourth-order valence-corrected chi connectivity index (χ4v) is 9.86. The zero-order valence-corrected chi connectivity index (χ0v) is 31.5. The monoisotopic (exact) mass is 699 g/mol. The summed E-state index contributed by atoms with van der Waals surface area (Å²) in [6.07, 6.45) is 0. The molecule has 8 aromatic rings. The van der Waals surface area contributed by atoms with Gasteiger partial charge in [-0.2, -0.15) is 0 Å². The lowest BCUT2D eigenvalue weighted by atomic mass is 9.74. The smallest absolute Gasteiger partial charge is 0.143 e. The summed E-state index contributed by atoms with van der Waals surface area (Å²) >= 11 is 0. The molecule has 54 heavy (non-hydrogen) atoms. The number of para-hydroxylation sites is 3. The first-order valence-electron chi connectivity index (χ1n) is 19.0. The lowest BCUT2D eigenvalue weighted by Gasteiger charge is -2.37. The molecule has 6 heterocycles. The van der Waals surface area contributed by atoms with Crippen LogP contribution in [-0.4, -0.2) is 23.7 Å². The summed E-state index contributed by atoms with van der Waals surface area (Å²) in [4.78, 5) is 11.2. The van der Waals surface area contributed by atoms with Gasteiger partial charge in [0, 0.05) is 32.7 Å². The number of nitrogens with zero attached hydrogens (tertiary/aromatic N) is 5. The average Bonchev–Trinajstić information content (AvgIpc) is 3.18. The molecular formula is C49H41N5. The summed E-state index contributed by atoms with van der Waals surface area (Å²) in [6.45, 7) is 14.0. The Morgan fingerprint density at radius 2 is 0.889 bits per heavy atom. The maximum Gasteiger partial charge on any atom is 0.143 e. The number of benzene rings is 5. The van der Waals surface area contributed by atoms with E-state index in [4.69, 9.17) is 9.97 Å². The van der Waals surface area contributed by atoms with Crippen LogP contribution in [0.1, 0.15) is 74.9 Å². The molecule has 0 unspecified atom stereocenters. The van der Waals surface area contributed by atoms with Crippen LogP contribution in [0.2, 0.25) is 0 Å². The molecule has 0 fully saturated rings. The standard InChI is InChI=1S/C49H41N5/c1-47(2)32-14-7-10-17-39(32)52-31-23-25-36-43(29-31)53(40-18-11-8-15-33(40)48(36,3)4)44-20-13-21-45(51-44)54-41-19-12-9-16-34(41)49(5,6)37-26-27-38(50-46(37)54)30-22-24-35(47)42(52)28-30/h7-29H,1-6H3. The number of aromatic nitrogens is 5. The zero-order valence-electron chi connectivity index (χ0n) is 31.5. The molecule has 0 saturated carbocycles. The van der Waals surface area contributed by atoms with E-state index >= 15 is 0 Å². The van der Waals surface area contributed by atoms with Gasteiger partial charge in [-0.1, -0.05) is 126 Å². The van der Waals surface area contributed by atoms with Crippen LogP contribution in [0.5, 0.6) is 0 Å². The fourth-order valence-electron chi connectivity index (χ4n) is 9.86. The average molecular weight is 700 g/mol. The second-order valence-corrected chi connectivity index (χ2v) is 16.8. The van der Waals surface area contributed by atoms with E-state index in [2.05, 4.69) is 195 Å². The third-order valence-electron chi connectivity index (χ3n) is 12.8. The number of fused-ring (bicyclic) bond motifs is 15. The summed E-state index contributed by atoms with van der Waals surface area (Å²) in [6, 6.07) is 51.4. The first-order chi connectivity index (χ1) is 26.0. The fraction of sp³-hybridized carbons (Fsp3) is 0.184. The van der Waals surface area contributed by atoms with Crippen molar-refractivity contribution in [3.05, 3.63) is 173 Å². The minimum atomic E-state index is -0.264. The predicted molar refractivity (Wildman–Crippen MR) is 222 cm³/mol. The highest BCUT2D eigenvalue weighted by molar-refractivity contribution is 5.89. The quantitative estimate of drug-likeness (QED) is 0.158. The van der Waals surface area contributed by atoms with Crippen molar-refractivity contribution in [2.45, 2.75) is 57.8 Å². The first kappa shape index (κ1) is 31.3. The molecule has 0 saturated heterocycles. The molecule has 5 heteroatoms. The van der Waals surface area contributed by atoms with Gasteiger partial charge in [0.1, 0.15) is 16.9 Å². The molecule has 0 radical (unpaired) electrons. The molecule has 0 amide bonds. The van der Waals surface area contributed by atoms with E-state index in [-0.39, 0.29) is 16.2 Å². The number of rotatable bonds is 0. The Morgan fingerprint density at radius 3 is 1.54 bits per heavy atom. The Hall–Kier alpha value is -6.20. The Labute approximate surface area is 314 Å². The van der Waals surface area contributed by atoms with Crippen molar-refractivity contribution in [1.82, 2.24) is 23.7 Å². The molecule has 5 nitrogen and oxygen atoms in total. The Morgan fingerprint density at radius 1 is 0.389 bits per heavy atom. The Kier molecular flexibility index (Phi) is 6.08. The lowest BCUT2D eigenvalue weighted by Crippen LogP contribution is -2.28. The molecule has 0 aliphatic carbocycles. The largest absolute Gasteiger partial charge is 0.310 e. The highest BCUT2D eigenvalue weighted by Gasteiger charge is 2.36. The number of hydrogen-bond donors (Lipinski definition) is 0. The maximum atomic E-state index is 5.59. The SMILES string of the molecule is CC1(C)c2ccccc2-n2c3ccc4c(c3)n(c3cccc(n3)n3c5nc(ccc5C(C)(C)c5ccccc5-3)c3ccc1c2c3)-c1ccccc1C4(C)C. The van der Waals surface area contributed by atoms with Crippen LogP contribution in [0, 0.1) is 0 Å². The van der Waals surface area contributed by atoms with Crippen molar-refractivity contribution >= 4 is 44.4 Å². The van der Waals surface area contributed by atoms with E-state index in [1.165, 1.54) is 44.6 Å². The molecule has 262 valence electrons. The molecular weight excluding hydrogens is 659 g/mol. The van der Waals surface area contributed by atoms with Crippen LogP contribution in [-0.2, 0) is 16.2 Å². The highest BCUT2D eigenvalue weighted by Crippen LogP contribution is 2.47. The van der Waals surface area contributed by atoms with Crippen LogP contribution in [0.25, 0.3) is 61.5 Å². The van der Waals surface area contributed by atoms with Crippen LogP contribution in [0.15, 0.2) is 140 Å². The normalized spacial score (nSPS) is 16.0. The lowest BCUT2D eigenvalue weighted by molar-refractivity contribution is 0.625. The van der Waals surface area contributed by atoms with Crippen molar-refractivity contribution in [2.75, 3.05) is 0 Å². The van der Waals surface area contributed by atoms with Gasteiger partial charge in [-0.15, -0.1) is 0 Å². The van der Waals surface area contributed by atoms with Gasteiger partial charge in [-0.3, -0.25) is 9.13 Å².